The molecule has 4 nitrogen and oxygen atoms in total. The molecule has 1 aliphatic rings. The fraction of sp³-hybridized carbons (Fsp3) is 0.611. The molecule has 0 bridgehead atoms. The van der Waals surface area contributed by atoms with Crippen LogP contribution < -0.4 is 5.32 Å². The molecule has 1 fully saturated rings. The van der Waals surface area contributed by atoms with Crippen molar-refractivity contribution >= 4 is 5.91 Å². The SMILES string of the molecule is CC(C)(O)CCc1cccc(C(=O)NCC[C@H]2CCOC2)c1. The number of hydrogen-bond donors (Lipinski definition) is 2. The van der Waals surface area contributed by atoms with Gasteiger partial charge in [-0.3, -0.25) is 4.79 Å². The van der Waals surface area contributed by atoms with Gasteiger partial charge in [0.15, 0.2) is 0 Å². The number of benzene rings is 1. The van der Waals surface area contributed by atoms with E-state index in [1.165, 1.54) is 0 Å². The predicted octanol–water partition coefficient (Wildman–Crippen LogP) is 2.55. The van der Waals surface area contributed by atoms with E-state index in [1.807, 2.05) is 24.3 Å². The first-order valence-electron chi connectivity index (χ1n) is 8.11. The van der Waals surface area contributed by atoms with Gasteiger partial charge in [-0.25, -0.2) is 0 Å². The highest BCUT2D eigenvalue weighted by atomic mass is 16.5. The molecule has 0 aliphatic carbocycles. The van der Waals surface area contributed by atoms with Crippen molar-refractivity contribution in [3.05, 3.63) is 35.4 Å². The van der Waals surface area contributed by atoms with Gasteiger partial charge >= 0.3 is 0 Å². The first-order valence-corrected chi connectivity index (χ1v) is 8.11. The summed E-state index contributed by atoms with van der Waals surface area (Å²) in [6, 6.07) is 7.65. The first-order chi connectivity index (χ1) is 10.4. The van der Waals surface area contributed by atoms with E-state index in [2.05, 4.69) is 5.32 Å². The summed E-state index contributed by atoms with van der Waals surface area (Å²) < 4.78 is 5.34. The molecule has 0 saturated carbocycles. The van der Waals surface area contributed by atoms with E-state index in [-0.39, 0.29) is 5.91 Å². The summed E-state index contributed by atoms with van der Waals surface area (Å²) in [4.78, 5) is 12.2. The van der Waals surface area contributed by atoms with Crippen LogP contribution in [0, 0.1) is 5.92 Å². The minimum Gasteiger partial charge on any atom is -0.390 e. The summed E-state index contributed by atoms with van der Waals surface area (Å²) in [5.74, 6) is 0.558. The maximum Gasteiger partial charge on any atom is 0.251 e. The number of hydrogen-bond acceptors (Lipinski definition) is 3. The molecule has 22 heavy (non-hydrogen) atoms. The Kier molecular flexibility index (Phi) is 5.98. The van der Waals surface area contributed by atoms with Gasteiger partial charge in [0.25, 0.3) is 5.91 Å². The molecule has 1 saturated heterocycles. The molecule has 1 heterocycles. The van der Waals surface area contributed by atoms with Crippen LogP contribution in [0.15, 0.2) is 24.3 Å². The maximum atomic E-state index is 12.2. The van der Waals surface area contributed by atoms with Gasteiger partial charge in [0, 0.05) is 25.3 Å². The Morgan fingerprint density at radius 2 is 2.27 bits per heavy atom. The summed E-state index contributed by atoms with van der Waals surface area (Å²) in [7, 11) is 0. The highest BCUT2D eigenvalue weighted by molar-refractivity contribution is 5.94. The zero-order chi connectivity index (χ0) is 16.0. The van der Waals surface area contributed by atoms with E-state index in [0.29, 0.717) is 24.4 Å². The quantitative estimate of drug-likeness (QED) is 0.814. The van der Waals surface area contributed by atoms with E-state index in [1.54, 1.807) is 13.8 Å². The van der Waals surface area contributed by atoms with Crippen molar-refractivity contribution in [3.63, 3.8) is 0 Å². The first kappa shape index (κ1) is 17.0. The lowest BCUT2D eigenvalue weighted by atomic mass is 9.98. The van der Waals surface area contributed by atoms with Crippen LogP contribution in [-0.4, -0.2) is 36.4 Å². The molecule has 2 rings (SSSR count). The molecule has 0 spiro atoms. The van der Waals surface area contributed by atoms with Gasteiger partial charge in [-0.05, 0) is 63.1 Å². The van der Waals surface area contributed by atoms with Crippen LogP contribution in [0.1, 0.15) is 49.0 Å². The summed E-state index contributed by atoms with van der Waals surface area (Å²) in [5.41, 5.74) is 1.09. The average molecular weight is 305 g/mol. The molecule has 1 aromatic carbocycles. The van der Waals surface area contributed by atoms with Gasteiger partial charge in [-0.2, -0.15) is 0 Å². The number of nitrogens with one attached hydrogen (secondary N) is 1. The Morgan fingerprint density at radius 3 is 2.95 bits per heavy atom. The Morgan fingerprint density at radius 1 is 1.45 bits per heavy atom. The van der Waals surface area contributed by atoms with Gasteiger partial charge in [-0.1, -0.05) is 12.1 Å². The molecule has 1 aliphatic heterocycles. The standard InChI is InChI=1S/C18H27NO3/c1-18(2,21)9-6-14-4-3-5-16(12-14)17(20)19-10-7-15-8-11-22-13-15/h3-5,12,15,21H,6-11,13H2,1-2H3,(H,19,20)/t15-/m0/s1. The number of amides is 1. The van der Waals surface area contributed by atoms with Crippen molar-refractivity contribution in [2.75, 3.05) is 19.8 Å². The normalized spacial score (nSPS) is 18.4. The zero-order valence-corrected chi connectivity index (χ0v) is 13.6. The lowest BCUT2D eigenvalue weighted by Gasteiger charge is -2.16. The predicted molar refractivity (Wildman–Crippen MR) is 86.9 cm³/mol. The van der Waals surface area contributed by atoms with Crippen LogP contribution in [-0.2, 0) is 11.2 Å². The highest BCUT2D eigenvalue weighted by Crippen LogP contribution is 2.16. The molecule has 4 heteroatoms. The van der Waals surface area contributed by atoms with Crippen LogP contribution in [0.5, 0.6) is 0 Å². The van der Waals surface area contributed by atoms with Crippen LogP contribution in [0.25, 0.3) is 0 Å². The Balaban J connectivity index is 1.81. The van der Waals surface area contributed by atoms with Crippen LogP contribution in [0.3, 0.4) is 0 Å². The van der Waals surface area contributed by atoms with Gasteiger partial charge < -0.3 is 15.2 Å². The van der Waals surface area contributed by atoms with Gasteiger partial charge in [0.2, 0.25) is 0 Å². The molecular formula is C18H27NO3. The molecule has 0 aromatic heterocycles. The molecule has 1 aromatic rings. The molecule has 0 unspecified atom stereocenters. The number of carbonyl (C=O) groups excluding carboxylic acids is 1. The summed E-state index contributed by atoms with van der Waals surface area (Å²) in [5, 5.41) is 12.8. The number of aliphatic hydroxyl groups is 1. The maximum absolute atomic E-state index is 12.2. The van der Waals surface area contributed by atoms with Crippen molar-refractivity contribution in [3.8, 4) is 0 Å². The molecule has 1 atom stereocenters. The Hall–Kier alpha value is -1.39. The molecule has 2 N–H and O–H groups in total. The fourth-order valence-electron chi connectivity index (χ4n) is 2.62. The molecule has 0 radical (unpaired) electrons. The van der Waals surface area contributed by atoms with Gasteiger partial charge in [0.05, 0.1) is 5.60 Å². The third-order valence-corrected chi connectivity index (χ3v) is 4.08. The van der Waals surface area contributed by atoms with Crippen molar-refractivity contribution in [2.24, 2.45) is 5.92 Å². The Bertz CT molecular complexity index is 487. The lowest BCUT2D eigenvalue weighted by Crippen LogP contribution is -2.26. The third-order valence-electron chi connectivity index (χ3n) is 4.08. The molecule has 122 valence electrons. The molecule has 1 amide bonds. The van der Waals surface area contributed by atoms with E-state index in [9.17, 15) is 9.90 Å². The topological polar surface area (TPSA) is 58.6 Å². The summed E-state index contributed by atoms with van der Waals surface area (Å²) >= 11 is 0. The van der Waals surface area contributed by atoms with E-state index in [0.717, 1.165) is 38.0 Å². The van der Waals surface area contributed by atoms with Gasteiger partial charge in [-0.15, -0.1) is 0 Å². The van der Waals surface area contributed by atoms with Crippen LogP contribution >= 0.6 is 0 Å². The van der Waals surface area contributed by atoms with E-state index in [4.69, 9.17) is 4.74 Å². The van der Waals surface area contributed by atoms with Crippen molar-refractivity contribution in [1.29, 1.82) is 0 Å². The number of ether oxygens (including phenoxy) is 1. The largest absolute Gasteiger partial charge is 0.390 e. The average Bonchev–Trinajstić information content (AvgIpc) is 2.98. The second-order valence-electron chi connectivity index (χ2n) is 6.79. The monoisotopic (exact) mass is 305 g/mol. The number of carbonyl (C=O) groups is 1. The van der Waals surface area contributed by atoms with Gasteiger partial charge in [0.1, 0.15) is 0 Å². The molecular weight excluding hydrogens is 278 g/mol. The van der Waals surface area contributed by atoms with E-state index < -0.39 is 5.60 Å². The smallest absolute Gasteiger partial charge is 0.251 e. The second-order valence-corrected chi connectivity index (χ2v) is 6.79. The second kappa shape index (κ2) is 7.75. The van der Waals surface area contributed by atoms with Crippen molar-refractivity contribution in [1.82, 2.24) is 5.32 Å². The van der Waals surface area contributed by atoms with Crippen molar-refractivity contribution in [2.45, 2.75) is 45.1 Å². The Labute approximate surface area is 132 Å². The summed E-state index contributed by atoms with van der Waals surface area (Å²) in [6.45, 7) is 5.97. The third kappa shape index (κ3) is 5.78. The van der Waals surface area contributed by atoms with Crippen LogP contribution in [0.4, 0.5) is 0 Å². The minimum absolute atomic E-state index is 0.0241. The van der Waals surface area contributed by atoms with Crippen molar-refractivity contribution < 1.29 is 14.6 Å². The minimum atomic E-state index is -0.679. The fourth-order valence-corrected chi connectivity index (χ4v) is 2.62. The van der Waals surface area contributed by atoms with Crippen LogP contribution in [0.2, 0.25) is 0 Å². The number of aryl methyl sites for hydroxylation is 1. The highest BCUT2D eigenvalue weighted by Gasteiger charge is 2.16. The summed E-state index contributed by atoms with van der Waals surface area (Å²) in [6.07, 6.45) is 3.52. The lowest BCUT2D eigenvalue weighted by molar-refractivity contribution is 0.0714. The number of rotatable bonds is 7. The van der Waals surface area contributed by atoms with E-state index >= 15 is 0 Å². The zero-order valence-electron chi connectivity index (χ0n) is 13.6.